The van der Waals surface area contributed by atoms with E-state index in [9.17, 15) is 5.11 Å². The third-order valence-electron chi connectivity index (χ3n) is 4.86. The molecule has 106 valence electrons. The van der Waals surface area contributed by atoms with Crippen LogP contribution in [0.3, 0.4) is 0 Å². The van der Waals surface area contributed by atoms with E-state index in [1.807, 2.05) is 0 Å². The molecule has 0 unspecified atom stereocenters. The van der Waals surface area contributed by atoms with Crippen LogP contribution in [-0.2, 0) is 0 Å². The zero-order chi connectivity index (χ0) is 12.7. The first kappa shape index (κ1) is 14.3. The molecule has 2 N–H and O–H groups in total. The SMILES string of the molecule is OC1(CNC2CCCCCCC2)CCCCCC1. The first-order valence-corrected chi connectivity index (χ1v) is 8.24. The lowest BCUT2D eigenvalue weighted by Gasteiger charge is -2.30. The fourth-order valence-corrected chi connectivity index (χ4v) is 3.56. The smallest absolute Gasteiger partial charge is 0.0771 e. The van der Waals surface area contributed by atoms with Gasteiger partial charge in [0.15, 0.2) is 0 Å². The van der Waals surface area contributed by atoms with E-state index < -0.39 is 5.60 Å². The predicted molar refractivity (Wildman–Crippen MR) is 76.8 cm³/mol. The molecule has 0 bridgehead atoms. The highest BCUT2D eigenvalue weighted by Gasteiger charge is 2.28. The Labute approximate surface area is 113 Å². The van der Waals surface area contributed by atoms with E-state index in [0.29, 0.717) is 6.04 Å². The van der Waals surface area contributed by atoms with Crippen molar-refractivity contribution in [2.75, 3.05) is 6.54 Å². The van der Waals surface area contributed by atoms with Crippen molar-refractivity contribution in [3.8, 4) is 0 Å². The summed E-state index contributed by atoms with van der Waals surface area (Å²) in [7, 11) is 0. The molecule has 2 heteroatoms. The second kappa shape index (κ2) is 7.49. The summed E-state index contributed by atoms with van der Waals surface area (Å²) in [5.41, 5.74) is -0.404. The molecule has 2 fully saturated rings. The van der Waals surface area contributed by atoms with Crippen LogP contribution in [0, 0.1) is 0 Å². The van der Waals surface area contributed by atoms with Crippen molar-refractivity contribution >= 4 is 0 Å². The highest BCUT2D eigenvalue weighted by molar-refractivity contribution is 4.85. The van der Waals surface area contributed by atoms with E-state index in [1.165, 1.54) is 70.6 Å². The quantitative estimate of drug-likeness (QED) is 0.750. The molecule has 0 aromatic heterocycles. The molecule has 0 aromatic rings. The Morgan fingerprint density at radius 2 is 1.28 bits per heavy atom. The Kier molecular flexibility index (Phi) is 5.97. The van der Waals surface area contributed by atoms with Crippen LogP contribution in [0.4, 0.5) is 0 Å². The maximum absolute atomic E-state index is 10.6. The summed E-state index contributed by atoms with van der Waals surface area (Å²) in [6, 6.07) is 0.664. The van der Waals surface area contributed by atoms with Crippen molar-refractivity contribution in [2.45, 2.75) is 95.1 Å². The van der Waals surface area contributed by atoms with Crippen molar-refractivity contribution in [3.63, 3.8) is 0 Å². The molecule has 2 saturated carbocycles. The van der Waals surface area contributed by atoms with E-state index in [0.717, 1.165) is 19.4 Å². The maximum atomic E-state index is 10.6. The lowest BCUT2D eigenvalue weighted by molar-refractivity contribution is 0.0219. The van der Waals surface area contributed by atoms with E-state index >= 15 is 0 Å². The van der Waals surface area contributed by atoms with Gasteiger partial charge in [0.2, 0.25) is 0 Å². The van der Waals surface area contributed by atoms with Crippen LogP contribution in [0.15, 0.2) is 0 Å². The Balaban J connectivity index is 1.74. The van der Waals surface area contributed by atoms with Crippen LogP contribution in [0.2, 0.25) is 0 Å². The summed E-state index contributed by atoms with van der Waals surface area (Å²) in [6.07, 6.45) is 16.7. The van der Waals surface area contributed by atoms with Gasteiger partial charge in [-0.05, 0) is 25.7 Å². The van der Waals surface area contributed by atoms with Gasteiger partial charge in [-0.3, -0.25) is 0 Å². The topological polar surface area (TPSA) is 32.3 Å². The fraction of sp³-hybridized carbons (Fsp3) is 1.00. The molecular formula is C16H31NO. The molecule has 2 nitrogen and oxygen atoms in total. The molecule has 0 amide bonds. The molecule has 0 saturated heterocycles. The van der Waals surface area contributed by atoms with Gasteiger partial charge >= 0.3 is 0 Å². The van der Waals surface area contributed by atoms with Crippen LogP contribution in [0.1, 0.15) is 83.5 Å². The van der Waals surface area contributed by atoms with Gasteiger partial charge in [0.25, 0.3) is 0 Å². The average Bonchev–Trinajstić information content (AvgIpc) is 2.53. The summed E-state index contributed by atoms with van der Waals surface area (Å²) in [5, 5.41) is 14.3. The summed E-state index contributed by atoms with van der Waals surface area (Å²) >= 11 is 0. The molecule has 0 spiro atoms. The van der Waals surface area contributed by atoms with Crippen LogP contribution < -0.4 is 5.32 Å². The Hall–Kier alpha value is -0.0800. The summed E-state index contributed by atoms with van der Waals surface area (Å²) in [6.45, 7) is 0.831. The maximum Gasteiger partial charge on any atom is 0.0771 e. The van der Waals surface area contributed by atoms with E-state index in [4.69, 9.17) is 0 Å². The van der Waals surface area contributed by atoms with Crippen molar-refractivity contribution in [1.82, 2.24) is 5.32 Å². The number of rotatable bonds is 3. The number of hydrogen-bond acceptors (Lipinski definition) is 2. The molecule has 0 atom stereocenters. The Bertz CT molecular complexity index is 213. The van der Waals surface area contributed by atoms with Gasteiger partial charge in [0.05, 0.1) is 5.60 Å². The highest BCUT2D eigenvalue weighted by atomic mass is 16.3. The Morgan fingerprint density at radius 1 is 0.778 bits per heavy atom. The van der Waals surface area contributed by atoms with Crippen molar-refractivity contribution in [3.05, 3.63) is 0 Å². The zero-order valence-electron chi connectivity index (χ0n) is 11.9. The third-order valence-corrected chi connectivity index (χ3v) is 4.86. The summed E-state index contributed by atoms with van der Waals surface area (Å²) in [4.78, 5) is 0. The third kappa shape index (κ3) is 4.89. The second-order valence-electron chi connectivity index (χ2n) is 6.56. The van der Waals surface area contributed by atoms with Gasteiger partial charge < -0.3 is 10.4 Å². The minimum absolute atomic E-state index is 0.404. The minimum Gasteiger partial charge on any atom is -0.389 e. The Morgan fingerprint density at radius 3 is 1.89 bits per heavy atom. The molecular weight excluding hydrogens is 222 g/mol. The number of hydrogen-bond donors (Lipinski definition) is 2. The minimum atomic E-state index is -0.404. The zero-order valence-corrected chi connectivity index (χ0v) is 11.9. The van der Waals surface area contributed by atoms with E-state index in [-0.39, 0.29) is 0 Å². The van der Waals surface area contributed by atoms with Gasteiger partial charge in [0, 0.05) is 12.6 Å². The molecule has 2 rings (SSSR count). The molecule has 0 radical (unpaired) electrons. The van der Waals surface area contributed by atoms with Crippen LogP contribution >= 0.6 is 0 Å². The first-order chi connectivity index (χ1) is 8.79. The normalized spacial score (nSPS) is 27.2. The molecule has 0 aromatic carbocycles. The first-order valence-electron chi connectivity index (χ1n) is 8.24. The van der Waals surface area contributed by atoms with Crippen molar-refractivity contribution < 1.29 is 5.11 Å². The van der Waals surface area contributed by atoms with Crippen molar-refractivity contribution in [1.29, 1.82) is 0 Å². The monoisotopic (exact) mass is 253 g/mol. The van der Waals surface area contributed by atoms with Crippen LogP contribution in [0.25, 0.3) is 0 Å². The number of nitrogens with one attached hydrogen (secondary N) is 1. The largest absolute Gasteiger partial charge is 0.389 e. The lowest BCUT2D eigenvalue weighted by Crippen LogP contribution is -2.44. The molecule has 0 heterocycles. The summed E-state index contributed by atoms with van der Waals surface area (Å²) < 4.78 is 0. The summed E-state index contributed by atoms with van der Waals surface area (Å²) in [5.74, 6) is 0. The second-order valence-corrected chi connectivity index (χ2v) is 6.56. The average molecular weight is 253 g/mol. The van der Waals surface area contributed by atoms with Crippen molar-refractivity contribution in [2.24, 2.45) is 0 Å². The van der Waals surface area contributed by atoms with E-state index in [2.05, 4.69) is 5.32 Å². The van der Waals surface area contributed by atoms with Gasteiger partial charge in [-0.15, -0.1) is 0 Å². The van der Waals surface area contributed by atoms with Gasteiger partial charge in [-0.2, -0.15) is 0 Å². The standard InChI is InChI=1S/C16H31NO/c18-16(12-8-4-5-9-13-16)14-17-15-10-6-2-1-3-7-11-15/h15,17-18H,1-14H2. The van der Waals surface area contributed by atoms with Gasteiger partial charge in [-0.25, -0.2) is 0 Å². The molecule has 0 aliphatic heterocycles. The molecule has 2 aliphatic carbocycles. The highest BCUT2D eigenvalue weighted by Crippen LogP contribution is 2.27. The predicted octanol–water partition coefficient (Wildman–Crippen LogP) is 3.77. The van der Waals surface area contributed by atoms with Crippen LogP contribution in [-0.4, -0.2) is 23.3 Å². The van der Waals surface area contributed by atoms with Crippen LogP contribution in [0.5, 0.6) is 0 Å². The van der Waals surface area contributed by atoms with Gasteiger partial charge in [0.1, 0.15) is 0 Å². The van der Waals surface area contributed by atoms with E-state index in [1.54, 1.807) is 0 Å². The fourth-order valence-electron chi connectivity index (χ4n) is 3.56. The molecule has 2 aliphatic rings. The molecule has 18 heavy (non-hydrogen) atoms. The lowest BCUT2D eigenvalue weighted by atomic mass is 9.92. The number of aliphatic hydroxyl groups is 1. The van der Waals surface area contributed by atoms with Gasteiger partial charge in [-0.1, -0.05) is 57.8 Å².